The predicted molar refractivity (Wildman–Crippen MR) is 70.9 cm³/mol. The third-order valence-corrected chi connectivity index (χ3v) is 3.26. The lowest BCUT2D eigenvalue weighted by Crippen LogP contribution is -2.44. The van der Waals surface area contributed by atoms with Gasteiger partial charge in [-0.2, -0.15) is 8.78 Å². The van der Waals surface area contributed by atoms with Crippen molar-refractivity contribution in [2.24, 2.45) is 5.73 Å². The molecule has 7 heteroatoms. The molecule has 2 rings (SSSR count). The molecule has 0 atom stereocenters. The number of hydrogen-bond acceptors (Lipinski definition) is 3. The lowest BCUT2D eigenvalue weighted by molar-refractivity contribution is -0.0498. The van der Waals surface area contributed by atoms with E-state index in [0.717, 1.165) is 18.5 Å². The maximum absolute atomic E-state index is 12.0. The number of anilines is 1. The van der Waals surface area contributed by atoms with Gasteiger partial charge in [0.05, 0.1) is 0 Å². The van der Waals surface area contributed by atoms with Crippen LogP contribution in [0, 0.1) is 0 Å². The number of ether oxygens (including phenoxy) is 1. The molecule has 0 unspecified atom stereocenters. The lowest BCUT2D eigenvalue weighted by atomic mass is 10.0. The van der Waals surface area contributed by atoms with E-state index in [4.69, 9.17) is 5.73 Å². The number of piperidine rings is 1. The second kappa shape index (κ2) is 6.40. The molecule has 2 amide bonds. The Hall–Kier alpha value is -2.05. The predicted octanol–water partition coefficient (Wildman–Crippen LogP) is 2.24. The van der Waals surface area contributed by atoms with Gasteiger partial charge in [-0.05, 0) is 37.1 Å². The van der Waals surface area contributed by atoms with Crippen molar-refractivity contribution in [3.8, 4) is 5.75 Å². The molecule has 3 N–H and O–H groups in total. The fourth-order valence-corrected chi connectivity index (χ4v) is 2.21. The maximum atomic E-state index is 12.0. The first kappa shape index (κ1) is 14.4. The van der Waals surface area contributed by atoms with Gasteiger partial charge in [0.2, 0.25) is 0 Å². The van der Waals surface area contributed by atoms with Crippen LogP contribution in [0.1, 0.15) is 12.8 Å². The number of carbonyl (C=O) groups is 1. The zero-order valence-corrected chi connectivity index (χ0v) is 10.9. The largest absolute Gasteiger partial charge is 0.435 e. The lowest BCUT2D eigenvalue weighted by Gasteiger charge is -2.31. The monoisotopic (exact) mass is 285 g/mol. The smallest absolute Gasteiger partial charge is 0.387 e. The van der Waals surface area contributed by atoms with E-state index in [9.17, 15) is 13.6 Å². The summed E-state index contributed by atoms with van der Waals surface area (Å²) in [7, 11) is 0. The number of rotatable bonds is 4. The van der Waals surface area contributed by atoms with Crippen LogP contribution in [0.2, 0.25) is 0 Å². The van der Waals surface area contributed by atoms with Gasteiger partial charge in [-0.1, -0.05) is 0 Å². The van der Waals surface area contributed by atoms with Crippen LogP contribution in [0.3, 0.4) is 0 Å². The van der Waals surface area contributed by atoms with E-state index in [1.54, 1.807) is 17.0 Å². The average molecular weight is 285 g/mol. The number of primary amides is 1. The summed E-state index contributed by atoms with van der Waals surface area (Å²) in [5.41, 5.74) is 6.05. The minimum atomic E-state index is -2.81. The van der Waals surface area contributed by atoms with E-state index in [1.165, 1.54) is 12.1 Å². The molecule has 1 aromatic rings. The molecule has 0 saturated carbocycles. The van der Waals surface area contributed by atoms with Crippen LogP contribution in [-0.2, 0) is 0 Å². The van der Waals surface area contributed by atoms with Gasteiger partial charge in [0, 0.05) is 24.8 Å². The van der Waals surface area contributed by atoms with Crippen LogP contribution >= 0.6 is 0 Å². The number of amides is 2. The number of nitrogens with two attached hydrogens (primary N) is 1. The molecular formula is C13H17F2N3O2. The minimum absolute atomic E-state index is 0.133. The van der Waals surface area contributed by atoms with Gasteiger partial charge in [-0.25, -0.2) is 4.79 Å². The summed E-state index contributed by atoms with van der Waals surface area (Å²) in [6.45, 7) is -1.56. The molecule has 1 fully saturated rings. The number of hydrogen-bond donors (Lipinski definition) is 2. The average Bonchev–Trinajstić information content (AvgIpc) is 2.41. The summed E-state index contributed by atoms with van der Waals surface area (Å²) >= 11 is 0. The third-order valence-electron chi connectivity index (χ3n) is 3.26. The highest BCUT2D eigenvalue weighted by molar-refractivity contribution is 5.72. The van der Waals surface area contributed by atoms with Crippen molar-refractivity contribution in [3.63, 3.8) is 0 Å². The molecule has 20 heavy (non-hydrogen) atoms. The van der Waals surface area contributed by atoms with Crippen LogP contribution in [0.25, 0.3) is 0 Å². The van der Waals surface area contributed by atoms with Crippen LogP contribution in [0.4, 0.5) is 19.3 Å². The van der Waals surface area contributed by atoms with Crippen LogP contribution < -0.4 is 15.8 Å². The van der Waals surface area contributed by atoms with Crippen LogP contribution in [0.15, 0.2) is 24.3 Å². The van der Waals surface area contributed by atoms with Crippen molar-refractivity contribution in [3.05, 3.63) is 24.3 Å². The van der Waals surface area contributed by atoms with Gasteiger partial charge in [0.25, 0.3) is 0 Å². The standard InChI is InChI=1S/C13H17F2N3O2/c14-12(15)20-11-3-1-9(2-4-11)17-10-5-7-18(8-6-10)13(16)19/h1-4,10,12,17H,5-8H2,(H2,16,19). The summed E-state index contributed by atoms with van der Waals surface area (Å²) in [5, 5.41) is 3.30. The van der Waals surface area contributed by atoms with Crippen molar-refractivity contribution >= 4 is 11.7 Å². The molecule has 0 radical (unpaired) electrons. The second-order valence-electron chi connectivity index (χ2n) is 4.65. The fourth-order valence-electron chi connectivity index (χ4n) is 2.21. The Kier molecular flexibility index (Phi) is 4.60. The Bertz CT molecular complexity index is 445. The molecule has 110 valence electrons. The highest BCUT2D eigenvalue weighted by Gasteiger charge is 2.20. The first-order chi connectivity index (χ1) is 9.54. The normalized spacial score (nSPS) is 16.2. The van der Waals surface area contributed by atoms with Gasteiger partial charge >= 0.3 is 12.6 Å². The zero-order valence-electron chi connectivity index (χ0n) is 10.9. The molecule has 1 aliphatic heterocycles. The fraction of sp³-hybridized carbons (Fsp3) is 0.462. The van der Waals surface area contributed by atoms with E-state index in [1.807, 2.05) is 0 Å². The SMILES string of the molecule is NC(=O)N1CCC(Nc2ccc(OC(F)F)cc2)CC1. The number of nitrogens with zero attached hydrogens (tertiary/aromatic N) is 1. The van der Waals surface area contributed by atoms with Gasteiger partial charge in [-0.15, -0.1) is 0 Å². The van der Waals surface area contributed by atoms with Crippen LogP contribution in [0.5, 0.6) is 5.75 Å². The van der Waals surface area contributed by atoms with Gasteiger partial charge in [0.15, 0.2) is 0 Å². The summed E-state index contributed by atoms with van der Waals surface area (Å²) in [4.78, 5) is 12.6. The third kappa shape index (κ3) is 3.97. The van der Waals surface area contributed by atoms with E-state index in [2.05, 4.69) is 10.1 Å². The van der Waals surface area contributed by atoms with E-state index in [0.29, 0.717) is 13.1 Å². The van der Waals surface area contributed by atoms with Crippen LogP contribution in [-0.4, -0.2) is 36.7 Å². The summed E-state index contributed by atoms with van der Waals surface area (Å²) < 4.78 is 28.3. The quantitative estimate of drug-likeness (QED) is 0.891. The van der Waals surface area contributed by atoms with E-state index >= 15 is 0 Å². The Balaban J connectivity index is 1.83. The number of halogens is 2. The number of carbonyl (C=O) groups excluding carboxylic acids is 1. The number of likely N-dealkylation sites (tertiary alicyclic amines) is 1. The van der Waals surface area contributed by atoms with Crippen molar-refractivity contribution in [1.82, 2.24) is 4.90 Å². The van der Waals surface area contributed by atoms with Crippen molar-refractivity contribution in [1.29, 1.82) is 0 Å². The molecule has 1 aliphatic rings. The second-order valence-corrected chi connectivity index (χ2v) is 4.65. The molecule has 0 aliphatic carbocycles. The molecule has 1 aromatic carbocycles. The van der Waals surface area contributed by atoms with E-state index in [-0.39, 0.29) is 11.8 Å². The molecule has 0 bridgehead atoms. The van der Waals surface area contributed by atoms with E-state index < -0.39 is 12.6 Å². The maximum Gasteiger partial charge on any atom is 0.387 e. The summed E-state index contributed by atoms with van der Waals surface area (Å²) in [6.07, 6.45) is 1.61. The van der Waals surface area contributed by atoms with Gasteiger partial charge in [-0.3, -0.25) is 0 Å². The molecule has 0 aromatic heterocycles. The molecule has 0 spiro atoms. The first-order valence-electron chi connectivity index (χ1n) is 6.40. The summed E-state index contributed by atoms with van der Waals surface area (Å²) in [5.74, 6) is 0.133. The first-order valence-corrected chi connectivity index (χ1v) is 6.40. The van der Waals surface area contributed by atoms with Gasteiger partial charge < -0.3 is 20.7 Å². The van der Waals surface area contributed by atoms with Crippen molar-refractivity contribution in [2.45, 2.75) is 25.5 Å². The summed E-state index contributed by atoms with van der Waals surface area (Å²) in [6, 6.07) is 6.22. The number of urea groups is 1. The Morgan fingerprint density at radius 3 is 2.40 bits per heavy atom. The van der Waals surface area contributed by atoms with Crippen molar-refractivity contribution < 1.29 is 18.3 Å². The topological polar surface area (TPSA) is 67.6 Å². The molecule has 1 heterocycles. The Morgan fingerprint density at radius 2 is 1.90 bits per heavy atom. The zero-order chi connectivity index (χ0) is 14.5. The van der Waals surface area contributed by atoms with Crippen molar-refractivity contribution in [2.75, 3.05) is 18.4 Å². The number of benzene rings is 1. The minimum Gasteiger partial charge on any atom is -0.435 e. The molecular weight excluding hydrogens is 268 g/mol. The number of alkyl halides is 2. The number of nitrogens with one attached hydrogen (secondary N) is 1. The molecule has 1 saturated heterocycles. The van der Waals surface area contributed by atoms with Gasteiger partial charge in [0.1, 0.15) is 5.75 Å². The molecule has 5 nitrogen and oxygen atoms in total. The Labute approximate surface area is 115 Å². The highest BCUT2D eigenvalue weighted by atomic mass is 19.3. The highest BCUT2D eigenvalue weighted by Crippen LogP contribution is 2.20. The Morgan fingerprint density at radius 1 is 1.30 bits per heavy atom.